The SMILES string of the molecule is COc1ncc(Cl)c(N2C[C@H](OC)C[C@H]2c2nc(C)c(C)[nH]2)n1. The molecule has 0 unspecified atom stereocenters. The molecule has 2 aromatic heterocycles. The molecule has 1 aliphatic heterocycles. The number of aryl methyl sites for hydroxylation is 2. The molecule has 1 aliphatic rings. The Balaban J connectivity index is 2.00. The molecule has 0 spiro atoms. The maximum Gasteiger partial charge on any atom is 0.318 e. The number of halogens is 1. The van der Waals surface area contributed by atoms with Gasteiger partial charge in [-0.1, -0.05) is 11.6 Å². The third-order valence-electron chi connectivity index (χ3n) is 4.22. The van der Waals surface area contributed by atoms with Crippen LogP contribution in [0.25, 0.3) is 0 Å². The number of rotatable bonds is 4. The van der Waals surface area contributed by atoms with Crippen molar-refractivity contribution >= 4 is 17.4 Å². The lowest BCUT2D eigenvalue weighted by Gasteiger charge is -2.24. The van der Waals surface area contributed by atoms with Crippen molar-refractivity contribution in [2.45, 2.75) is 32.4 Å². The minimum Gasteiger partial charge on any atom is -0.467 e. The van der Waals surface area contributed by atoms with Crippen molar-refractivity contribution in [3.63, 3.8) is 0 Å². The molecule has 0 saturated carbocycles. The highest BCUT2D eigenvalue weighted by molar-refractivity contribution is 6.32. The van der Waals surface area contributed by atoms with Crippen molar-refractivity contribution < 1.29 is 9.47 Å². The first kappa shape index (κ1) is 16.0. The normalized spacial score (nSPS) is 21.0. The van der Waals surface area contributed by atoms with Gasteiger partial charge in [0.1, 0.15) is 10.8 Å². The third-order valence-corrected chi connectivity index (χ3v) is 4.48. The molecule has 2 aromatic rings. The van der Waals surface area contributed by atoms with Crippen molar-refractivity contribution in [1.29, 1.82) is 0 Å². The topological polar surface area (TPSA) is 76.2 Å². The summed E-state index contributed by atoms with van der Waals surface area (Å²) in [6.45, 7) is 4.68. The van der Waals surface area contributed by atoms with E-state index in [1.54, 1.807) is 13.3 Å². The minimum absolute atomic E-state index is 0.0180. The number of anilines is 1. The molecule has 0 amide bonds. The minimum atomic E-state index is 0.0180. The van der Waals surface area contributed by atoms with Gasteiger partial charge < -0.3 is 19.4 Å². The second-order valence-electron chi connectivity index (χ2n) is 5.62. The zero-order valence-corrected chi connectivity index (χ0v) is 14.4. The van der Waals surface area contributed by atoms with Crippen LogP contribution in [0.1, 0.15) is 29.7 Å². The molecule has 3 rings (SSSR count). The van der Waals surface area contributed by atoms with E-state index in [0.29, 0.717) is 17.4 Å². The second kappa shape index (κ2) is 6.33. The van der Waals surface area contributed by atoms with E-state index in [1.807, 2.05) is 13.8 Å². The van der Waals surface area contributed by atoms with Crippen LogP contribution in [0.2, 0.25) is 5.02 Å². The highest BCUT2D eigenvalue weighted by Crippen LogP contribution is 2.38. The maximum absolute atomic E-state index is 6.32. The summed E-state index contributed by atoms with van der Waals surface area (Å²) in [5, 5.41) is 0.479. The van der Waals surface area contributed by atoms with Gasteiger partial charge in [-0.25, -0.2) is 9.97 Å². The van der Waals surface area contributed by atoms with E-state index in [9.17, 15) is 0 Å². The molecule has 7 nitrogen and oxygen atoms in total. The fourth-order valence-electron chi connectivity index (χ4n) is 2.84. The lowest BCUT2D eigenvalue weighted by molar-refractivity contribution is 0.118. The number of nitrogens with zero attached hydrogens (tertiary/aromatic N) is 4. The van der Waals surface area contributed by atoms with E-state index in [4.69, 9.17) is 21.1 Å². The van der Waals surface area contributed by atoms with Crippen molar-refractivity contribution in [2.24, 2.45) is 0 Å². The quantitative estimate of drug-likeness (QED) is 0.923. The zero-order chi connectivity index (χ0) is 16.6. The van der Waals surface area contributed by atoms with Crippen LogP contribution in [0.3, 0.4) is 0 Å². The molecule has 3 heterocycles. The van der Waals surface area contributed by atoms with Gasteiger partial charge in [0, 0.05) is 25.8 Å². The Kier molecular flexibility index (Phi) is 4.41. The summed E-state index contributed by atoms with van der Waals surface area (Å²) in [5.74, 6) is 1.53. The Morgan fingerprint density at radius 2 is 2.09 bits per heavy atom. The number of aromatic amines is 1. The van der Waals surface area contributed by atoms with Crippen LogP contribution in [0.4, 0.5) is 5.82 Å². The molecule has 1 fully saturated rings. The van der Waals surface area contributed by atoms with Gasteiger partial charge in [-0.2, -0.15) is 4.98 Å². The number of ether oxygens (including phenoxy) is 2. The third kappa shape index (κ3) is 2.98. The molecule has 23 heavy (non-hydrogen) atoms. The molecule has 124 valence electrons. The van der Waals surface area contributed by atoms with E-state index in [-0.39, 0.29) is 18.2 Å². The first-order valence-electron chi connectivity index (χ1n) is 7.42. The predicted octanol–water partition coefficient (Wildman–Crippen LogP) is 2.44. The summed E-state index contributed by atoms with van der Waals surface area (Å²) >= 11 is 6.32. The smallest absolute Gasteiger partial charge is 0.318 e. The average Bonchev–Trinajstić information content (AvgIpc) is 3.12. The fourth-order valence-corrected chi connectivity index (χ4v) is 3.04. The summed E-state index contributed by atoms with van der Waals surface area (Å²) in [5.41, 5.74) is 2.05. The van der Waals surface area contributed by atoms with E-state index < -0.39 is 0 Å². The monoisotopic (exact) mass is 337 g/mol. The van der Waals surface area contributed by atoms with Crippen LogP contribution in [0.15, 0.2) is 6.20 Å². The van der Waals surface area contributed by atoms with Gasteiger partial charge in [-0.05, 0) is 13.8 Å². The summed E-state index contributed by atoms with van der Waals surface area (Å²) in [6, 6.07) is 0.306. The largest absolute Gasteiger partial charge is 0.467 e. The number of H-pyrrole nitrogens is 1. The molecule has 1 N–H and O–H groups in total. The van der Waals surface area contributed by atoms with Crippen molar-refractivity contribution in [1.82, 2.24) is 19.9 Å². The Labute approximate surface area is 140 Å². The number of hydrogen-bond acceptors (Lipinski definition) is 6. The molecule has 0 bridgehead atoms. The summed E-state index contributed by atoms with van der Waals surface area (Å²) in [6.07, 6.45) is 2.45. The van der Waals surface area contributed by atoms with Crippen LogP contribution >= 0.6 is 11.6 Å². The Morgan fingerprint density at radius 1 is 1.30 bits per heavy atom. The van der Waals surface area contributed by atoms with Gasteiger partial charge in [-0.15, -0.1) is 0 Å². The van der Waals surface area contributed by atoms with Gasteiger partial charge in [0.2, 0.25) is 0 Å². The van der Waals surface area contributed by atoms with Crippen LogP contribution in [0, 0.1) is 13.8 Å². The molecule has 0 aliphatic carbocycles. The number of nitrogens with one attached hydrogen (secondary N) is 1. The van der Waals surface area contributed by atoms with Crippen LogP contribution in [0.5, 0.6) is 6.01 Å². The highest BCUT2D eigenvalue weighted by Gasteiger charge is 2.37. The molecular weight excluding hydrogens is 318 g/mol. The average molecular weight is 338 g/mol. The van der Waals surface area contributed by atoms with E-state index in [0.717, 1.165) is 23.6 Å². The lowest BCUT2D eigenvalue weighted by Crippen LogP contribution is -2.26. The zero-order valence-electron chi connectivity index (χ0n) is 13.6. The van der Waals surface area contributed by atoms with Gasteiger partial charge in [0.15, 0.2) is 5.82 Å². The van der Waals surface area contributed by atoms with Gasteiger partial charge in [0.05, 0.1) is 31.1 Å². The van der Waals surface area contributed by atoms with Gasteiger partial charge >= 0.3 is 6.01 Å². The Bertz CT molecular complexity index is 686. The lowest BCUT2D eigenvalue weighted by atomic mass is 10.2. The predicted molar refractivity (Wildman–Crippen MR) is 87.2 cm³/mol. The van der Waals surface area contributed by atoms with Gasteiger partial charge in [-0.3, -0.25) is 0 Å². The fraction of sp³-hybridized carbons (Fsp3) is 0.533. The van der Waals surface area contributed by atoms with Crippen LogP contribution < -0.4 is 9.64 Å². The Hall–Kier alpha value is -1.86. The number of imidazole rings is 1. The van der Waals surface area contributed by atoms with Crippen molar-refractivity contribution in [3.8, 4) is 6.01 Å². The standard InChI is InChI=1S/C15H20ClN5O2/c1-8-9(2)19-13(18-8)12-5-10(22-3)7-21(12)14-11(16)6-17-15(20-14)23-4/h6,10,12H,5,7H2,1-4H3,(H,18,19)/t10-,12+/m1/s1. The highest BCUT2D eigenvalue weighted by atomic mass is 35.5. The number of methoxy groups -OCH3 is 2. The number of hydrogen-bond donors (Lipinski definition) is 1. The van der Waals surface area contributed by atoms with Crippen LogP contribution in [-0.4, -0.2) is 46.8 Å². The summed E-state index contributed by atoms with van der Waals surface area (Å²) in [7, 11) is 3.25. The summed E-state index contributed by atoms with van der Waals surface area (Å²) < 4.78 is 10.7. The molecule has 0 aromatic carbocycles. The van der Waals surface area contributed by atoms with Gasteiger partial charge in [0.25, 0.3) is 0 Å². The summed E-state index contributed by atoms with van der Waals surface area (Å²) in [4.78, 5) is 18.5. The Morgan fingerprint density at radius 3 is 2.70 bits per heavy atom. The van der Waals surface area contributed by atoms with Crippen molar-refractivity contribution in [3.05, 3.63) is 28.4 Å². The molecule has 1 saturated heterocycles. The van der Waals surface area contributed by atoms with E-state index in [2.05, 4.69) is 24.8 Å². The van der Waals surface area contributed by atoms with E-state index >= 15 is 0 Å². The molecular formula is C15H20ClN5O2. The molecule has 0 radical (unpaired) electrons. The van der Waals surface area contributed by atoms with Crippen molar-refractivity contribution in [2.75, 3.05) is 25.7 Å². The van der Waals surface area contributed by atoms with Crippen LogP contribution in [-0.2, 0) is 4.74 Å². The molecule has 8 heteroatoms. The first-order chi connectivity index (χ1) is 11.0. The molecule has 2 atom stereocenters. The van der Waals surface area contributed by atoms with E-state index in [1.165, 1.54) is 7.11 Å². The second-order valence-corrected chi connectivity index (χ2v) is 6.03. The first-order valence-corrected chi connectivity index (χ1v) is 7.80. The maximum atomic E-state index is 6.32. The number of aromatic nitrogens is 4.